The van der Waals surface area contributed by atoms with Crippen LogP contribution in [0.1, 0.15) is 55.1 Å². The van der Waals surface area contributed by atoms with Gasteiger partial charge in [0.2, 0.25) is 5.43 Å². The number of carboxylic acids is 1. The molecule has 174 valence electrons. The third-order valence-corrected chi connectivity index (χ3v) is 6.87. The summed E-state index contributed by atoms with van der Waals surface area (Å²) in [7, 11) is 1.77. The molecule has 2 fully saturated rings. The van der Waals surface area contributed by atoms with Gasteiger partial charge in [-0.1, -0.05) is 0 Å². The van der Waals surface area contributed by atoms with Crippen molar-refractivity contribution >= 4 is 22.6 Å². The molecule has 6 nitrogen and oxygen atoms in total. The molecule has 1 atom stereocenters. The number of pyridine rings is 1. The molecule has 1 saturated heterocycles. The van der Waals surface area contributed by atoms with Crippen LogP contribution in [0, 0.1) is 11.7 Å². The van der Waals surface area contributed by atoms with Crippen LogP contribution in [0.4, 0.5) is 23.2 Å². The minimum Gasteiger partial charge on any atom is -0.477 e. The fraction of sp³-hybridized carbons (Fsp3) is 0.545. The zero-order valence-electron chi connectivity index (χ0n) is 18.0. The molecule has 1 aliphatic heterocycles. The van der Waals surface area contributed by atoms with E-state index in [9.17, 15) is 27.9 Å². The molecule has 1 aromatic carbocycles. The number of hydrogen-bond donors (Lipinski definition) is 2. The summed E-state index contributed by atoms with van der Waals surface area (Å²) in [6, 6.07) is 0.412. The second-order valence-corrected chi connectivity index (χ2v) is 9.19. The number of nitrogens with zero attached hydrogens (tertiary/aromatic N) is 2. The Morgan fingerprint density at radius 2 is 1.88 bits per heavy atom. The number of alkyl halides is 3. The number of anilines is 1. The van der Waals surface area contributed by atoms with Crippen molar-refractivity contribution in [1.29, 1.82) is 0 Å². The maximum atomic E-state index is 15.3. The van der Waals surface area contributed by atoms with Gasteiger partial charge in [-0.15, -0.1) is 0 Å². The lowest BCUT2D eigenvalue weighted by atomic mass is 9.87. The normalized spacial score (nSPS) is 19.7. The minimum atomic E-state index is -4.94. The number of aromatic nitrogens is 1. The fourth-order valence-electron chi connectivity index (χ4n) is 4.61. The first kappa shape index (κ1) is 22.6. The third-order valence-electron chi connectivity index (χ3n) is 6.87. The van der Waals surface area contributed by atoms with Crippen molar-refractivity contribution in [2.24, 2.45) is 5.92 Å². The van der Waals surface area contributed by atoms with Crippen LogP contribution in [0.25, 0.3) is 10.9 Å². The van der Waals surface area contributed by atoms with E-state index in [0.717, 1.165) is 12.3 Å². The van der Waals surface area contributed by atoms with E-state index in [0.29, 0.717) is 19.3 Å². The van der Waals surface area contributed by atoms with Crippen LogP contribution in [0.3, 0.4) is 0 Å². The quantitative estimate of drug-likeness (QED) is 0.667. The lowest BCUT2D eigenvalue weighted by Crippen LogP contribution is -2.45. The summed E-state index contributed by atoms with van der Waals surface area (Å²) >= 11 is 0. The van der Waals surface area contributed by atoms with Crippen LogP contribution in [-0.2, 0) is 6.18 Å². The zero-order valence-corrected chi connectivity index (χ0v) is 18.0. The van der Waals surface area contributed by atoms with Gasteiger partial charge in [0.25, 0.3) is 0 Å². The van der Waals surface area contributed by atoms with Crippen molar-refractivity contribution in [3.05, 3.63) is 39.4 Å². The number of nitrogens with one attached hydrogen (secondary N) is 1. The van der Waals surface area contributed by atoms with E-state index < -0.39 is 51.1 Å². The van der Waals surface area contributed by atoms with E-state index in [1.807, 2.05) is 13.8 Å². The summed E-state index contributed by atoms with van der Waals surface area (Å²) in [6.45, 7) is 4.35. The monoisotopic (exact) mass is 455 g/mol. The second kappa shape index (κ2) is 7.47. The fourth-order valence-corrected chi connectivity index (χ4v) is 4.61. The first-order chi connectivity index (χ1) is 14.9. The molecule has 1 saturated carbocycles. The smallest absolute Gasteiger partial charge is 0.420 e. The van der Waals surface area contributed by atoms with Gasteiger partial charge in [-0.2, -0.15) is 13.2 Å². The molecular weight excluding hydrogens is 430 g/mol. The Kier molecular flexibility index (Phi) is 5.27. The Bertz CT molecular complexity index is 1150. The Balaban J connectivity index is 2.01. The molecule has 1 aromatic heterocycles. The topological polar surface area (TPSA) is 74.6 Å². The SMILES string of the molecule is CNC(C)(C)C1CCN(c2c(F)cc3c(=O)c(C(=O)O)cn(C4CC4)c3c2C(F)(F)F)C1. The van der Waals surface area contributed by atoms with E-state index in [-0.39, 0.29) is 30.6 Å². The van der Waals surface area contributed by atoms with Crippen molar-refractivity contribution in [1.82, 2.24) is 9.88 Å². The van der Waals surface area contributed by atoms with Crippen LogP contribution in [0.5, 0.6) is 0 Å². The van der Waals surface area contributed by atoms with E-state index in [1.165, 1.54) is 9.47 Å². The van der Waals surface area contributed by atoms with Gasteiger partial charge in [0.1, 0.15) is 16.9 Å². The number of hydrogen-bond acceptors (Lipinski definition) is 4. The van der Waals surface area contributed by atoms with Crippen LogP contribution >= 0.6 is 0 Å². The zero-order chi connectivity index (χ0) is 23.6. The van der Waals surface area contributed by atoms with Gasteiger partial charge in [0.05, 0.1) is 16.6 Å². The molecular formula is C22H25F4N3O3. The largest absolute Gasteiger partial charge is 0.477 e. The third kappa shape index (κ3) is 3.64. The van der Waals surface area contributed by atoms with Crippen molar-refractivity contribution < 1.29 is 27.5 Å². The number of fused-ring (bicyclic) bond motifs is 1. The number of halogens is 4. The van der Waals surface area contributed by atoms with Gasteiger partial charge in [-0.25, -0.2) is 9.18 Å². The Labute approximate surface area is 181 Å². The molecule has 1 unspecified atom stereocenters. The Hall–Kier alpha value is -2.62. The number of carbonyl (C=O) groups is 1. The van der Waals surface area contributed by atoms with Crippen molar-refractivity contribution in [2.75, 3.05) is 25.0 Å². The van der Waals surface area contributed by atoms with E-state index in [2.05, 4.69) is 5.32 Å². The van der Waals surface area contributed by atoms with Crippen LogP contribution in [-0.4, -0.2) is 41.3 Å². The van der Waals surface area contributed by atoms with Gasteiger partial charge in [0.15, 0.2) is 0 Å². The number of benzene rings is 1. The number of rotatable bonds is 5. The van der Waals surface area contributed by atoms with Crippen LogP contribution in [0.2, 0.25) is 0 Å². The molecule has 2 heterocycles. The van der Waals surface area contributed by atoms with Gasteiger partial charge in [0, 0.05) is 30.9 Å². The molecule has 1 aliphatic carbocycles. The molecule has 2 N–H and O–H groups in total. The van der Waals surface area contributed by atoms with Crippen LogP contribution < -0.4 is 15.6 Å². The predicted octanol–water partition coefficient (Wildman–Crippen LogP) is 4.02. The maximum Gasteiger partial charge on any atom is 0.420 e. The molecule has 2 aromatic rings. The first-order valence-electron chi connectivity index (χ1n) is 10.5. The summed E-state index contributed by atoms with van der Waals surface area (Å²) < 4.78 is 59.8. The minimum absolute atomic E-state index is 0.0105. The molecule has 4 rings (SSSR count). The number of carboxylic acid groups (broad SMARTS) is 1. The molecule has 2 aliphatic rings. The van der Waals surface area contributed by atoms with E-state index in [4.69, 9.17) is 0 Å². The van der Waals surface area contributed by atoms with Crippen molar-refractivity contribution in [3.63, 3.8) is 0 Å². The van der Waals surface area contributed by atoms with Crippen molar-refractivity contribution in [3.8, 4) is 0 Å². The van der Waals surface area contributed by atoms with E-state index >= 15 is 4.39 Å². The summed E-state index contributed by atoms with van der Waals surface area (Å²) in [4.78, 5) is 25.6. The highest BCUT2D eigenvalue weighted by Crippen LogP contribution is 2.47. The summed E-state index contributed by atoms with van der Waals surface area (Å²) in [5, 5.41) is 12.0. The molecule has 0 amide bonds. The lowest BCUT2D eigenvalue weighted by molar-refractivity contribution is -0.136. The standard InChI is InChI=1S/C22H25F4N3O3/c1-21(2,27-3)11-6-7-28(9-11)18-15(23)8-13-17(16(18)22(24,25)26)29(12-4-5-12)10-14(19(13)30)20(31)32/h8,10-12,27H,4-7,9H2,1-3H3,(H,31,32). The second-order valence-electron chi connectivity index (χ2n) is 9.19. The maximum absolute atomic E-state index is 15.3. The number of aromatic carboxylic acids is 1. The Morgan fingerprint density at radius 3 is 2.41 bits per heavy atom. The lowest BCUT2D eigenvalue weighted by Gasteiger charge is -2.32. The predicted molar refractivity (Wildman–Crippen MR) is 112 cm³/mol. The highest BCUT2D eigenvalue weighted by Gasteiger charge is 2.44. The highest BCUT2D eigenvalue weighted by atomic mass is 19.4. The summed E-state index contributed by atoms with van der Waals surface area (Å²) in [5.41, 5.74) is -4.36. The van der Waals surface area contributed by atoms with Gasteiger partial charge >= 0.3 is 12.1 Å². The van der Waals surface area contributed by atoms with Crippen molar-refractivity contribution in [2.45, 2.75) is 50.9 Å². The summed E-state index contributed by atoms with van der Waals surface area (Å²) in [6.07, 6.45) is -2.28. The molecule has 32 heavy (non-hydrogen) atoms. The molecule has 10 heteroatoms. The molecule has 0 radical (unpaired) electrons. The van der Waals surface area contributed by atoms with Gasteiger partial charge < -0.3 is 19.9 Å². The van der Waals surface area contributed by atoms with Gasteiger partial charge in [-0.3, -0.25) is 4.79 Å². The Morgan fingerprint density at radius 1 is 1.22 bits per heavy atom. The average Bonchev–Trinajstić information content (AvgIpc) is 3.42. The van der Waals surface area contributed by atoms with Gasteiger partial charge in [-0.05, 0) is 52.1 Å². The highest BCUT2D eigenvalue weighted by molar-refractivity contribution is 5.95. The first-order valence-corrected chi connectivity index (χ1v) is 10.5. The van der Waals surface area contributed by atoms with E-state index in [1.54, 1.807) is 7.05 Å². The average molecular weight is 455 g/mol. The molecule has 0 spiro atoms. The molecule has 0 bridgehead atoms. The van der Waals surface area contributed by atoms with Crippen LogP contribution in [0.15, 0.2) is 17.1 Å². The summed E-state index contributed by atoms with van der Waals surface area (Å²) in [5.74, 6) is -2.74.